The molecule has 0 aromatic rings. The van der Waals surface area contributed by atoms with Gasteiger partial charge in [0.25, 0.3) is 0 Å². The van der Waals surface area contributed by atoms with E-state index in [0.29, 0.717) is 11.8 Å². The van der Waals surface area contributed by atoms with Crippen LogP contribution in [0.2, 0.25) is 0 Å². The fourth-order valence-corrected chi connectivity index (χ4v) is 0.446. The zero-order chi connectivity index (χ0) is 7.44. The maximum absolute atomic E-state index is 5.47. The van der Waals surface area contributed by atoms with Crippen molar-refractivity contribution in [3.05, 3.63) is 11.5 Å². The van der Waals surface area contributed by atoms with Gasteiger partial charge in [-0.15, -0.1) is 0 Å². The largest absolute Gasteiger partial charge is 0.483 e. The second kappa shape index (κ2) is 3.38. The summed E-state index contributed by atoms with van der Waals surface area (Å²) >= 11 is 0. The van der Waals surface area contributed by atoms with Crippen LogP contribution in [0.15, 0.2) is 11.5 Å². The van der Waals surface area contributed by atoms with Crippen molar-refractivity contribution in [3.8, 4) is 0 Å². The monoisotopic (exact) mass is 129 g/mol. The lowest BCUT2D eigenvalue weighted by Crippen LogP contribution is -2.06. The molecule has 0 aliphatic carbocycles. The van der Waals surface area contributed by atoms with Gasteiger partial charge < -0.3 is 10.5 Å². The number of ether oxygens (including phenoxy) is 1. The molecule has 0 aromatic carbocycles. The molecule has 0 bridgehead atoms. The van der Waals surface area contributed by atoms with E-state index in [1.807, 2.05) is 6.92 Å². The number of hydrogen-bond donors (Lipinski definition) is 1. The molecule has 0 amide bonds. The maximum atomic E-state index is 5.47. The van der Waals surface area contributed by atoms with Crippen LogP contribution in [0.4, 0.5) is 0 Å². The summed E-state index contributed by atoms with van der Waals surface area (Å²) in [5, 5.41) is 0. The van der Waals surface area contributed by atoms with Crippen molar-refractivity contribution in [3.63, 3.8) is 0 Å². The summed E-state index contributed by atoms with van der Waals surface area (Å²) in [6.45, 7) is 6.14. The summed E-state index contributed by atoms with van der Waals surface area (Å²) in [5.41, 5.74) is 6.58. The molecule has 0 aromatic heterocycles. The number of nitrogens with two attached hydrogens (primary N) is 1. The Bertz CT molecular complexity index is 116. The molecule has 0 heterocycles. The zero-order valence-electron chi connectivity index (χ0n) is 6.56. The van der Waals surface area contributed by atoms with Gasteiger partial charge in [-0.3, -0.25) is 0 Å². The van der Waals surface area contributed by atoms with Crippen molar-refractivity contribution in [2.45, 2.75) is 20.8 Å². The third-order valence-corrected chi connectivity index (χ3v) is 1.47. The molecule has 2 heteroatoms. The Morgan fingerprint density at radius 2 is 1.89 bits per heavy atom. The minimum absolute atomic E-state index is 0.477. The predicted octanol–water partition coefficient (Wildman–Crippen LogP) is 1.48. The molecule has 2 nitrogen and oxygen atoms in total. The Hall–Kier alpha value is -0.660. The molecule has 0 atom stereocenters. The van der Waals surface area contributed by atoms with Crippen molar-refractivity contribution < 1.29 is 4.74 Å². The fourth-order valence-electron chi connectivity index (χ4n) is 0.446. The van der Waals surface area contributed by atoms with E-state index in [-0.39, 0.29) is 0 Å². The van der Waals surface area contributed by atoms with E-state index in [0.717, 1.165) is 5.57 Å². The van der Waals surface area contributed by atoms with Gasteiger partial charge in [-0.2, -0.15) is 0 Å². The summed E-state index contributed by atoms with van der Waals surface area (Å²) < 4.78 is 4.83. The zero-order valence-corrected chi connectivity index (χ0v) is 6.56. The number of rotatable bonds is 2. The Morgan fingerprint density at radius 1 is 1.44 bits per heavy atom. The van der Waals surface area contributed by atoms with Gasteiger partial charge in [0.2, 0.25) is 0 Å². The average Bonchev–Trinajstić information content (AvgIpc) is 1.84. The van der Waals surface area contributed by atoms with E-state index in [1.54, 1.807) is 7.11 Å². The van der Waals surface area contributed by atoms with Crippen LogP contribution in [0, 0.1) is 5.92 Å². The SMILES string of the molecule is CO/C(N)=C(/C)C(C)C. The first-order chi connectivity index (χ1) is 4.09. The van der Waals surface area contributed by atoms with Crippen LogP contribution < -0.4 is 5.73 Å². The van der Waals surface area contributed by atoms with Crippen LogP contribution in [0.1, 0.15) is 20.8 Å². The first-order valence-electron chi connectivity index (χ1n) is 3.09. The van der Waals surface area contributed by atoms with Gasteiger partial charge in [-0.05, 0) is 18.4 Å². The van der Waals surface area contributed by atoms with Crippen LogP contribution in [0.25, 0.3) is 0 Å². The summed E-state index contributed by atoms with van der Waals surface area (Å²) in [5.74, 6) is 1.02. The Labute approximate surface area is 56.7 Å². The van der Waals surface area contributed by atoms with Gasteiger partial charge in [-0.25, -0.2) is 0 Å². The molecule has 0 unspecified atom stereocenters. The van der Waals surface area contributed by atoms with Gasteiger partial charge in [0.1, 0.15) is 0 Å². The average molecular weight is 129 g/mol. The van der Waals surface area contributed by atoms with Gasteiger partial charge in [0, 0.05) is 0 Å². The minimum Gasteiger partial charge on any atom is -0.483 e. The van der Waals surface area contributed by atoms with E-state index in [2.05, 4.69) is 13.8 Å². The highest BCUT2D eigenvalue weighted by molar-refractivity contribution is 5.04. The highest BCUT2D eigenvalue weighted by Crippen LogP contribution is 2.10. The summed E-state index contributed by atoms with van der Waals surface area (Å²) in [7, 11) is 1.58. The lowest BCUT2D eigenvalue weighted by Gasteiger charge is -2.08. The first-order valence-corrected chi connectivity index (χ1v) is 3.09. The molecule has 9 heavy (non-hydrogen) atoms. The van der Waals surface area contributed by atoms with E-state index < -0.39 is 0 Å². The van der Waals surface area contributed by atoms with E-state index in [1.165, 1.54) is 0 Å². The van der Waals surface area contributed by atoms with Crippen molar-refractivity contribution in [1.29, 1.82) is 0 Å². The van der Waals surface area contributed by atoms with Gasteiger partial charge in [0.15, 0.2) is 5.88 Å². The molecular weight excluding hydrogens is 114 g/mol. The lowest BCUT2D eigenvalue weighted by atomic mass is 10.1. The molecule has 0 fully saturated rings. The molecule has 0 saturated heterocycles. The number of hydrogen-bond acceptors (Lipinski definition) is 2. The quantitative estimate of drug-likeness (QED) is 0.573. The number of methoxy groups -OCH3 is 1. The molecular formula is C7H15NO. The minimum atomic E-state index is 0.477. The molecule has 0 spiro atoms. The van der Waals surface area contributed by atoms with Crippen molar-refractivity contribution in [2.24, 2.45) is 11.7 Å². The smallest absolute Gasteiger partial charge is 0.182 e. The highest BCUT2D eigenvalue weighted by atomic mass is 16.5. The summed E-state index contributed by atoms with van der Waals surface area (Å²) in [6.07, 6.45) is 0. The molecule has 0 aliphatic rings. The van der Waals surface area contributed by atoms with E-state index in [4.69, 9.17) is 10.5 Å². The van der Waals surface area contributed by atoms with Gasteiger partial charge >= 0.3 is 0 Å². The standard InChI is InChI=1S/C7H15NO/c1-5(2)6(3)7(8)9-4/h5H,8H2,1-4H3/b7-6-. The van der Waals surface area contributed by atoms with Crippen molar-refractivity contribution >= 4 is 0 Å². The van der Waals surface area contributed by atoms with Crippen LogP contribution in [0.3, 0.4) is 0 Å². The highest BCUT2D eigenvalue weighted by Gasteiger charge is 2.00. The number of allylic oxidation sites excluding steroid dienone is 1. The Kier molecular flexibility index (Phi) is 3.13. The molecule has 54 valence electrons. The third-order valence-electron chi connectivity index (χ3n) is 1.47. The lowest BCUT2D eigenvalue weighted by molar-refractivity contribution is 0.278. The maximum Gasteiger partial charge on any atom is 0.182 e. The van der Waals surface area contributed by atoms with Crippen molar-refractivity contribution in [1.82, 2.24) is 0 Å². The normalized spacial score (nSPS) is 13.4. The van der Waals surface area contributed by atoms with Crippen LogP contribution >= 0.6 is 0 Å². The Morgan fingerprint density at radius 3 is 2.00 bits per heavy atom. The van der Waals surface area contributed by atoms with E-state index >= 15 is 0 Å². The second-order valence-electron chi connectivity index (χ2n) is 2.41. The van der Waals surface area contributed by atoms with Crippen LogP contribution in [0.5, 0.6) is 0 Å². The molecule has 0 aliphatic heterocycles. The van der Waals surface area contributed by atoms with Gasteiger partial charge in [-0.1, -0.05) is 13.8 Å². The summed E-state index contributed by atoms with van der Waals surface area (Å²) in [6, 6.07) is 0. The van der Waals surface area contributed by atoms with Crippen LogP contribution in [-0.2, 0) is 4.74 Å². The van der Waals surface area contributed by atoms with E-state index in [9.17, 15) is 0 Å². The fraction of sp³-hybridized carbons (Fsp3) is 0.714. The molecule has 2 N–H and O–H groups in total. The third kappa shape index (κ3) is 2.40. The molecule has 0 rings (SSSR count). The van der Waals surface area contributed by atoms with Crippen LogP contribution in [-0.4, -0.2) is 7.11 Å². The Balaban J connectivity index is 4.10. The van der Waals surface area contributed by atoms with Gasteiger partial charge in [0.05, 0.1) is 7.11 Å². The van der Waals surface area contributed by atoms with Crippen molar-refractivity contribution in [2.75, 3.05) is 7.11 Å². The molecule has 0 saturated carbocycles. The summed E-state index contributed by atoms with van der Waals surface area (Å²) in [4.78, 5) is 0. The topological polar surface area (TPSA) is 35.2 Å². The molecule has 0 radical (unpaired) electrons. The second-order valence-corrected chi connectivity index (χ2v) is 2.41. The first kappa shape index (κ1) is 8.34. The predicted molar refractivity (Wildman–Crippen MR) is 38.7 cm³/mol.